The van der Waals surface area contributed by atoms with Crippen molar-refractivity contribution in [3.8, 4) is 5.75 Å². The first kappa shape index (κ1) is 20.5. The van der Waals surface area contributed by atoms with Crippen molar-refractivity contribution in [3.05, 3.63) is 29.8 Å². The Hall–Kier alpha value is -1.47. The third kappa shape index (κ3) is 6.53. The molecule has 0 aliphatic heterocycles. The highest BCUT2D eigenvalue weighted by molar-refractivity contribution is 5.94. The summed E-state index contributed by atoms with van der Waals surface area (Å²) < 4.78 is 40.3. The Morgan fingerprint density at radius 2 is 1.91 bits per heavy atom. The second kappa shape index (κ2) is 7.69. The van der Waals surface area contributed by atoms with Crippen LogP contribution < -0.4 is 10.5 Å². The zero-order chi connectivity index (χ0) is 16.3. The number of carbonyl (C=O) groups excluding carboxylic acids is 1. The van der Waals surface area contributed by atoms with Gasteiger partial charge < -0.3 is 15.4 Å². The minimum absolute atomic E-state index is 0. The average Bonchev–Trinajstić information content (AvgIpc) is 2.35. The Morgan fingerprint density at radius 3 is 2.41 bits per heavy atom. The van der Waals surface area contributed by atoms with E-state index in [9.17, 15) is 18.0 Å². The molecule has 126 valence electrons. The lowest BCUT2D eigenvalue weighted by Crippen LogP contribution is -2.39. The van der Waals surface area contributed by atoms with E-state index < -0.39 is 12.1 Å². The summed E-state index contributed by atoms with van der Waals surface area (Å²) in [4.78, 5) is 13.6. The van der Waals surface area contributed by atoms with Crippen molar-refractivity contribution in [2.75, 3.05) is 20.1 Å². The smallest absolute Gasteiger partial charge is 0.406 e. The van der Waals surface area contributed by atoms with E-state index in [2.05, 4.69) is 4.74 Å². The maximum atomic E-state index is 12.2. The molecular formula is C14H20ClF3N2O2. The van der Waals surface area contributed by atoms with Crippen LogP contribution in [0.1, 0.15) is 24.2 Å². The second-order valence-corrected chi connectivity index (χ2v) is 5.61. The molecule has 4 nitrogen and oxygen atoms in total. The van der Waals surface area contributed by atoms with E-state index >= 15 is 0 Å². The van der Waals surface area contributed by atoms with Gasteiger partial charge in [0.1, 0.15) is 5.75 Å². The molecule has 0 saturated carbocycles. The Morgan fingerprint density at radius 1 is 1.32 bits per heavy atom. The highest BCUT2D eigenvalue weighted by Crippen LogP contribution is 2.24. The van der Waals surface area contributed by atoms with Crippen molar-refractivity contribution in [2.24, 2.45) is 11.1 Å². The minimum atomic E-state index is -4.78. The van der Waals surface area contributed by atoms with E-state index in [0.717, 1.165) is 12.1 Å². The molecule has 0 radical (unpaired) electrons. The molecule has 1 aromatic carbocycles. The van der Waals surface area contributed by atoms with Crippen LogP contribution in [0.15, 0.2) is 24.3 Å². The number of carbonyl (C=O) groups is 1. The Balaban J connectivity index is 0.00000441. The molecular weight excluding hydrogens is 321 g/mol. The summed E-state index contributed by atoms with van der Waals surface area (Å²) in [6.45, 7) is 4.59. The van der Waals surface area contributed by atoms with Crippen LogP contribution in [0.25, 0.3) is 0 Å². The highest BCUT2D eigenvalue weighted by Gasteiger charge is 2.31. The molecule has 1 rings (SSSR count). The standard InChI is InChI=1S/C14H19F3N2O2.ClH/c1-13(2,8-18)9-19(3)12(20)10-5-4-6-11(7-10)21-14(15,16)17;/h4-7H,8-9,18H2,1-3H3;1H. The van der Waals surface area contributed by atoms with Gasteiger partial charge in [-0.3, -0.25) is 4.79 Å². The normalized spacial score (nSPS) is 11.6. The number of amides is 1. The van der Waals surface area contributed by atoms with Crippen molar-refractivity contribution in [1.82, 2.24) is 4.90 Å². The summed E-state index contributed by atoms with van der Waals surface area (Å²) in [6.07, 6.45) is -4.78. The maximum Gasteiger partial charge on any atom is 0.573 e. The number of halogens is 4. The number of ether oxygens (including phenoxy) is 1. The molecule has 2 N–H and O–H groups in total. The van der Waals surface area contributed by atoms with Gasteiger partial charge in [-0.15, -0.1) is 25.6 Å². The van der Waals surface area contributed by atoms with Crippen LogP contribution in [0.4, 0.5) is 13.2 Å². The van der Waals surface area contributed by atoms with Gasteiger partial charge in [-0.25, -0.2) is 0 Å². The van der Waals surface area contributed by atoms with Crippen LogP contribution in [-0.2, 0) is 0 Å². The lowest BCUT2D eigenvalue weighted by molar-refractivity contribution is -0.274. The van der Waals surface area contributed by atoms with Crippen LogP contribution in [0, 0.1) is 5.41 Å². The Bertz CT molecular complexity index is 507. The van der Waals surface area contributed by atoms with E-state index in [1.54, 1.807) is 7.05 Å². The van der Waals surface area contributed by atoms with Crippen molar-refractivity contribution in [3.63, 3.8) is 0 Å². The molecule has 1 aromatic rings. The van der Waals surface area contributed by atoms with E-state index in [4.69, 9.17) is 5.73 Å². The second-order valence-electron chi connectivity index (χ2n) is 5.61. The van der Waals surface area contributed by atoms with Crippen LogP contribution in [0.2, 0.25) is 0 Å². The average molecular weight is 341 g/mol. The molecule has 0 atom stereocenters. The largest absolute Gasteiger partial charge is 0.573 e. The molecule has 22 heavy (non-hydrogen) atoms. The van der Waals surface area contributed by atoms with Gasteiger partial charge in [0.2, 0.25) is 0 Å². The van der Waals surface area contributed by atoms with Gasteiger partial charge in [0, 0.05) is 19.2 Å². The number of hydrogen-bond donors (Lipinski definition) is 1. The quantitative estimate of drug-likeness (QED) is 0.896. The fourth-order valence-electron chi connectivity index (χ4n) is 1.83. The maximum absolute atomic E-state index is 12.2. The number of alkyl halides is 3. The molecule has 8 heteroatoms. The van der Waals surface area contributed by atoms with Crippen LogP contribution in [0.5, 0.6) is 5.75 Å². The first-order valence-corrected chi connectivity index (χ1v) is 6.35. The summed E-state index contributed by atoms with van der Waals surface area (Å²) in [7, 11) is 1.58. The highest BCUT2D eigenvalue weighted by atomic mass is 35.5. The zero-order valence-electron chi connectivity index (χ0n) is 12.6. The molecule has 0 fully saturated rings. The molecule has 0 unspecified atom stereocenters. The summed E-state index contributed by atoms with van der Waals surface area (Å²) >= 11 is 0. The van der Waals surface area contributed by atoms with E-state index in [1.165, 1.54) is 17.0 Å². The molecule has 0 spiro atoms. The summed E-state index contributed by atoms with van der Waals surface area (Å²) in [5.41, 5.74) is 5.46. The van der Waals surface area contributed by atoms with Gasteiger partial charge in [0.25, 0.3) is 5.91 Å². The minimum Gasteiger partial charge on any atom is -0.406 e. The van der Waals surface area contributed by atoms with Gasteiger partial charge in [-0.05, 0) is 30.2 Å². The fourth-order valence-corrected chi connectivity index (χ4v) is 1.83. The molecule has 1 amide bonds. The van der Waals surface area contributed by atoms with Crippen molar-refractivity contribution in [1.29, 1.82) is 0 Å². The van der Waals surface area contributed by atoms with Gasteiger partial charge in [0.15, 0.2) is 0 Å². The van der Waals surface area contributed by atoms with E-state index in [1.807, 2.05) is 13.8 Å². The predicted molar refractivity (Wildman–Crippen MR) is 80.2 cm³/mol. The lowest BCUT2D eigenvalue weighted by Gasteiger charge is -2.29. The van der Waals surface area contributed by atoms with E-state index in [-0.39, 0.29) is 29.3 Å². The van der Waals surface area contributed by atoms with Gasteiger partial charge in [0.05, 0.1) is 0 Å². The molecule has 0 aliphatic carbocycles. The molecule has 0 aliphatic rings. The Labute approximate surface area is 133 Å². The van der Waals surface area contributed by atoms with Crippen LogP contribution in [-0.4, -0.2) is 37.3 Å². The number of nitrogens with two attached hydrogens (primary N) is 1. The number of nitrogens with zero attached hydrogens (tertiary/aromatic N) is 1. The predicted octanol–water partition coefficient (Wildman–Crippen LogP) is 3.06. The third-order valence-electron chi connectivity index (χ3n) is 2.88. The topological polar surface area (TPSA) is 55.6 Å². The molecule has 0 heterocycles. The first-order chi connectivity index (χ1) is 9.54. The monoisotopic (exact) mass is 340 g/mol. The van der Waals surface area contributed by atoms with E-state index in [0.29, 0.717) is 13.1 Å². The zero-order valence-corrected chi connectivity index (χ0v) is 13.4. The number of hydrogen-bond acceptors (Lipinski definition) is 3. The SMILES string of the molecule is CN(CC(C)(C)CN)C(=O)c1cccc(OC(F)(F)F)c1.Cl. The molecule has 0 aromatic heterocycles. The first-order valence-electron chi connectivity index (χ1n) is 6.35. The van der Waals surface area contributed by atoms with Crippen LogP contribution >= 0.6 is 12.4 Å². The lowest BCUT2D eigenvalue weighted by atomic mass is 9.93. The van der Waals surface area contributed by atoms with Crippen molar-refractivity contribution >= 4 is 18.3 Å². The Kier molecular flexibility index (Phi) is 7.18. The number of benzene rings is 1. The molecule has 0 saturated heterocycles. The van der Waals surface area contributed by atoms with Crippen LogP contribution in [0.3, 0.4) is 0 Å². The van der Waals surface area contributed by atoms with Gasteiger partial charge in [-0.2, -0.15) is 0 Å². The third-order valence-corrected chi connectivity index (χ3v) is 2.88. The summed E-state index contributed by atoms with van der Waals surface area (Å²) in [5.74, 6) is -0.802. The van der Waals surface area contributed by atoms with Gasteiger partial charge in [-0.1, -0.05) is 19.9 Å². The molecule has 0 bridgehead atoms. The summed E-state index contributed by atoms with van der Waals surface area (Å²) in [5, 5.41) is 0. The van der Waals surface area contributed by atoms with Gasteiger partial charge >= 0.3 is 6.36 Å². The van der Waals surface area contributed by atoms with Crippen molar-refractivity contribution in [2.45, 2.75) is 20.2 Å². The fraction of sp³-hybridized carbons (Fsp3) is 0.500. The summed E-state index contributed by atoms with van der Waals surface area (Å²) in [6, 6.07) is 5.00. The number of rotatable bonds is 5. The van der Waals surface area contributed by atoms with Crippen molar-refractivity contribution < 1.29 is 22.7 Å².